The summed E-state index contributed by atoms with van der Waals surface area (Å²) in [5.74, 6) is 0. The molecule has 1 aromatic heterocycles. The SMILES string of the molecule is Cc1ccc(C(CN)(CO)Cc2c(C)nn(C)c2Cl)cc1. The van der Waals surface area contributed by atoms with Gasteiger partial charge in [-0.05, 0) is 25.8 Å². The summed E-state index contributed by atoms with van der Waals surface area (Å²) in [5.41, 5.74) is 9.50. The fraction of sp³-hybridized carbons (Fsp3) is 0.438. The van der Waals surface area contributed by atoms with Gasteiger partial charge in [0.05, 0.1) is 12.3 Å². The van der Waals surface area contributed by atoms with E-state index in [0.29, 0.717) is 18.1 Å². The predicted molar refractivity (Wildman–Crippen MR) is 85.7 cm³/mol. The molecule has 2 aromatic rings. The summed E-state index contributed by atoms with van der Waals surface area (Å²) in [6.07, 6.45) is 0.571. The molecule has 0 aliphatic carbocycles. The van der Waals surface area contributed by atoms with Crippen molar-refractivity contribution in [2.45, 2.75) is 25.7 Å². The molecule has 0 spiro atoms. The van der Waals surface area contributed by atoms with Gasteiger partial charge < -0.3 is 10.8 Å². The van der Waals surface area contributed by atoms with Crippen molar-refractivity contribution in [3.63, 3.8) is 0 Å². The Morgan fingerprint density at radius 3 is 2.33 bits per heavy atom. The highest BCUT2D eigenvalue weighted by atomic mass is 35.5. The second kappa shape index (κ2) is 6.18. The molecule has 4 nitrogen and oxygen atoms in total. The molecule has 0 amide bonds. The first kappa shape index (κ1) is 16.0. The Morgan fingerprint density at radius 2 is 1.90 bits per heavy atom. The van der Waals surface area contributed by atoms with Gasteiger partial charge in [0.15, 0.2) is 0 Å². The smallest absolute Gasteiger partial charge is 0.130 e. The number of halogens is 1. The monoisotopic (exact) mass is 307 g/mol. The van der Waals surface area contributed by atoms with Gasteiger partial charge in [-0.15, -0.1) is 0 Å². The third-order valence-corrected chi connectivity index (χ3v) is 4.62. The van der Waals surface area contributed by atoms with E-state index >= 15 is 0 Å². The standard InChI is InChI=1S/C16H22ClN3O/c1-11-4-6-13(7-5-11)16(9-18,10-21)8-14-12(2)19-20(3)15(14)17/h4-7,21H,8-10,18H2,1-3H3. The third-order valence-electron chi connectivity index (χ3n) is 4.14. The normalized spacial score (nSPS) is 14.2. The number of rotatable bonds is 5. The molecule has 1 aromatic carbocycles. The first-order valence-electron chi connectivity index (χ1n) is 6.99. The van der Waals surface area contributed by atoms with Gasteiger partial charge in [0.1, 0.15) is 5.15 Å². The van der Waals surface area contributed by atoms with Crippen LogP contribution in [0.5, 0.6) is 0 Å². The summed E-state index contributed by atoms with van der Waals surface area (Å²) in [5, 5.41) is 14.9. The van der Waals surface area contributed by atoms with Crippen LogP contribution in [0.15, 0.2) is 24.3 Å². The van der Waals surface area contributed by atoms with Gasteiger partial charge in [-0.25, -0.2) is 0 Å². The van der Waals surface area contributed by atoms with Gasteiger partial charge >= 0.3 is 0 Å². The minimum Gasteiger partial charge on any atom is -0.395 e. The van der Waals surface area contributed by atoms with E-state index < -0.39 is 5.41 Å². The summed E-state index contributed by atoms with van der Waals surface area (Å²) in [6.45, 7) is 4.28. The van der Waals surface area contributed by atoms with Gasteiger partial charge in [-0.2, -0.15) is 5.10 Å². The Labute approximate surface area is 130 Å². The largest absolute Gasteiger partial charge is 0.395 e. The van der Waals surface area contributed by atoms with E-state index in [2.05, 4.69) is 5.10 Å². The first-order valence-corrected chi connectivity index (χ1v) is 7.37. The minimum absolute atomic E-state index is 0.0305. The first-order chi connectivity index (χ1) is 9.93. The fourth-order valence-corrected chi connectivity index (χ4v) is 2.87. The molecule has 0 bridgehead atoms. The predicted octanol–water partition coefficient (Wildman–Crippen LogP) is 2.12. The van der Waals surface area contributed by atoms with E-state index in [1.165, 1.54) is 5.56 Å². The van der Waals surface area contributed by atoms with Gasteiger partial charge in [0.2, 0.25) is 0 Å². The van der Waals surface area contributed by atoms with Crippen molar-refractivity contribution in [1.29, 1.82) is 0 Å². The number of nitrogens with two attached hydrogens (primary N) is 1. The van der Waals surface area contributed by atoms with E-state index in [1.54, 1.807) is 4.68 Å². The van der Waals surface area contributed by atoms with Crippen molar-refractivity contribution in [1.82, 2.24) is 9.78 Å². The van der Waals surface area contributed by atoms with Crippen LogP contribution in [0.3, 0.4) is 0 Å². The van der Waals surface area contributed by atoms with Crippen LogP contribution in [-0.2, 0) is 18.9 Å². The molecule has 1 unspecified atom stereocenters. The zero-order valence-corrected chi connectivity index (χ0v) is 13.5. The molecule has 2 rings (SSSR count). The highest BCUT2D eigenvalue weighted by Crippen LogP contribution is 2.31. The number of aliphatic hydroxyl groups is 1. The maximum atomic E-state index is 10.00. The van der Waals surface area contributed by atoms with Crippen LogP contribution in [-0.4, -0.2) is 28.0 Å². The number of hydrogen-bond donors (Lipinski definition) is 2. The van der Waals surface area contributed by atoms with Crippen molar-refractivity contribution in [2.75, 3.05) is 13.2 Å². The van der Waals surface area contributed by atoms with E-state index in [0.717, 1.165) is 16.8 Å². The molecule has 0 fully saturated rings. The van der Waals surface area contributed by atoms with Gasteiger partial charge in [0, 0.05) is 24.6 Å². The molecule has 0 saturated carbocycles. The van der Waals surface area contributed by atoms with E-state index in [9.17, 15) is 5.11 Å². The van der Waals surface area contributed by atoms with Crippen LogP contribution < -0.4 is 5.73 Å². The maximum absolute atomic E-state index is 10.00. The van der Waals surface area contributed by atoms with Crippen LogP contribution in [0.25, 0.3) is 0 Å². The van der Waals surface area contributed by atoms with Crippen LogP contribution in [0.1, 0.15) is 22.4 Å². The lowest BCUT2D eigenvalue weighted by Crippen LogP contribution is -2.41. The van der Waals surface area contributed by atoms with Crippen molar-refractivity contribution >= 4 is 11.6 Å². The Balaban J connectivity index is 2.45. The molecule has 3 N–H and O–H groups in total. The summed E-state index contributed by atoms with van der Waals surface area (Å²) in [7, 11) is 1.81. The molecular weight excluding hydrogens is 286 g/mol. The lowest BCUT2D eigenvalue weighted by Gasteiger charge is -2.31. The topological polar surface area (TPSA) is 64.1 Å². The third kappa shape index (κ3) is 2.98. The molecule has 114 valence electrons. The van der Waals surface area contributed by atoms with Gasteiger partial charge in [-0.3, -0.25) is 4.68 Å². The second-order valence-corrected chi connectivity index (χ2v) is 6.02. The number of benzene rings is 1. The second-order valence-electron chi connectivity index (χ2n) is 5.66. The number of hydrogen-bond acceptors (Lipinski definition) is 3. The molecule has 21 heavy (non-hydrogen) atoms. The quantitative estimate of drug-likeness (QED) is 0.889. The van der Waals surface area contributed by atoms with Gasteiger partial charge in [-0.1, -0.05) is 41.4 Å². The number of aliphatic hydroxyl groups excluding tert-OH is 1. The molecule has 1 heterocycles. The average Bonchev–Trinajstić information content (AvgIpc) is 2.72. The Bertz CT molecular complexity index is 615. The minimum atomic E-state index is -0.537. The van der Waals surface area contributed by atoms with Crippen LogP contribution >= 0.6 is 11.6 Å². The molecule has 0 saturated heterocycles. The molecule has 5 heteroatoms. The fourth-order valence-electron chi connectivity index (χ4n) is 2.62. The summed E-state index contributed by atoms with van der Waals surface area (Å²) >= 11 is 6.32. The Kier molecular flexibility index (Phi) is 4.71. The van der Waals surface area contributed by atoms with Crippen LogP contribution in [0.2, 0.25) is 5.15 Å². The number of aromatic nitrogens is 2. The zero-order chi connectivity index (χ0) is 15.6. The van der Waals surface area contributed by atoms with E-state index in [-0.39, 0.29) is 6.61 Å². The zero-order valence-electron chi connectivity index (χ0n) is 12.7. The van der Waals surface area contributed by atoms with E-state index in [1.807, 2.05) is 45.2 Å². The summed E-state index contributed by atoms with van der Waals surface area (Å²) < 4.78 is 1.65. The molecule has 0 aliphatic heterocycles. The van der Waals surface area contributed by atoms with E-state index in [4.69, 9.17) is 17.3 Å². The summed E-state index contributed by atoms with van der Waals surface area (Å²) in [4.78, 5) is 0. The van der Waals surface area contributed by atoms with Crippen LogP contribution in [0.4, 0.5) is 0 Å². The van der Waals surface area contributed by atoms with Crippen molar-refractivity contribution in [2.24, 2.45) is 12.8 Å². The summed E-state index contributed by atoms with van der Waals surface area (Å²) in [6, 6.07) is 8.12. The highest BCUT2D eigenvalue weighted by molar-refractivity contribution is 6.30. The van der Waals surface area contributed by atoms with Crippen molar-refractivity contribution in [3.8, 4) is 0 Å². The van der Waals surface area contributed by atoms with Crippen LogP contribution in [0, 0.1) is 13.8 Å². The Hall–Kier alpha value is -1.36. The van der Waals surface area contributed by atoms with Gasteiger partial charge in [0.25, 0.3) is 0 Å². The molecule has 0 radical (unpaired) electrons. The molecule has 0 aliphatic rings. The lowest BCUT2D eigenvalue weighted by atomic mass is 9.76. The maximum Gasteiger partial charge on any atom is 0.130 e. The van der Waals surface area contributed by atoms with Crippen molar-refractivity contribution in [3.05, 3.63) is 51.8 Å². The molecule has 1 atom stereocenters. The lowest BCUT2D eigenvalue weighted by molar-refractivity contribution is 0.196. The van der Waals surface area contributed by atoms with Crippen molar-refractivity contribution < 1.29 is 5.11 Å². The Morgan fingerprint density at radius 1 is 1.29 bits per heavy atom. The highest BCUT2D eigenvalue weighted by Gasteiger charge is 2.33. The molecular formula is C16H22ClN3O. The number of nitrogens with zero attached hydrogens (tertiary/aromatic N) is 2. The average molecular weight is 308 g/mol. The number of aryl methyl sites for hydroxylation is 3.